The molecular weight excluding hydrogens is 384 g/mol. The number of oxazole rings is 1. The number of hydrogen-bond acceptors (Lipinski definition) is 4. The molecule has 5 nitrogen and oxygen atoms in total. The summed E-state index contributed by atoms with van der Waals surface area (Å²) in [6, 6.07) is 15.0. The molecule has 3 aromatic rings. The smallest absolute Gasteiger partial charge is 0.224 e. The van der Waals surface area contributed by atoms with Crippen molar-refractivity contribution in [1.29, 1.82) is 0 Å². The van der Waals surface area contributed by atoms with Gasteiger partial charge in [0.15, 0.2) is 11.7 Å². The van der Waals surface area contributed by atoms with Crippen LogP contribution < -0.4 is 10.1 Å². The number of rotatable bonds is 6. The summed E-state index contributed by atoms with van der Waals surface area (Å²) in [5, 5.41) is 2.86. The first kappa shape index (κ1) is 17.2. The maximum Gasteiger partial charge on any atom is 0.224 e. The Balaban J connectivity index is 1.60. The number of anilines is 1. The van der Waals surface area contributed by atoms with Crippen molar-refractivity contribution < 1.29 is 13.9 Å². The van der Waals surface area contributed by atoms with Gasteiger partial charge in [0.2, 0.25) is 5.91 Å². The van der Waals surface area contributed by atoms with E-state index in [1.54, 1.807) is 13.3 Å². The van der Waals surface area contributed by atoms with Gasteiger partial charge in [0, 0.05) is 22.9 Å². The van der Waals surface area contributed by atoms with Gasteiger partial charge in [0.05, 0.1) is 19.0 Å². The minimum atomic E-state index is -0.0898. The predicted octanol–water partition coefficient (Wildman–Crippen LogP) is 4.68. The average Bonchev–Trinajstić information content (AvgIpc) is 3.11. The Kier molecular flexibility index (Phi) is 5.50. The molecule has 3 rings (SSSR count). The lowest BCUT2D eigenvalue weighted by molar-refractivity contribution is -0.116. The number of para-hydroxylation sites is 1. The summed E-state index contributed by atoms with van der Waals surface area (Å²) in [6.07, 6.45) is 2.38. The second kappa shape index (κ2) is 7.98. The van der Waals surface area contributed by atoms with Gasteiger partial charge < -0.3 is 14.5 Å². The summed E-state index contributed by atoms with van der Waals surface area (Å²) in [4.78, 5) is 16.3. The number of nitrogens with zero attached hydrogens (tertiary/aromatic N) is 1. The zero-order valence-electron chi connectivity index (χ0n) is 13.7. The van der Waals surface area contributed by atoms with Crippen LogP contribution in [0.3, 0.4) is 0 Å². The minimum Gasteiger partial charge on any atom is -0.497 e. The quantitative estimate of drug-likeness (QED) is 0.651. The molecule has 0 saturated heterocycles. The molecule has 0 saturated carbocycles. The van der Waals surface area contributed by atoms with Gasteiger partial charge in [-0.1, -0.05) is 24.3 Å². The number of aryl methyl sites for hydroxylation is 1. The van der Waals surface area contributed by atoms with Crippen molar-refractivity contribution in [3.05, 3.63) is 65.1 Å². The van der Waals surface area contributed by atoms with E-state index >= 15 is 0 Å². The lowest BCUT2D eigenvalue weighted by atomic mass is 10.2. The summed E-state index contributed by atoms with van der Waals surface area (Å²) in [5.74, 6) is 1.84. The highest BCUT2D eigenvalue weighted by atomic mass is 79.9. The molecule has 25 heavy (non-hydrogen) atoms. The van der Waals surface area contributed by atoms with E-state index in [0.29, 0.717) is 24.5 Å². The molecule has 1 aromatic heterocycles. The van der Waals surface area contributed by atoms with Crippen LogP contribution in [0.15, 0.2) is 63.6 Å². The van der Waals surface area contributed by atoms with Crippen LogP contribution in [0.25, 0.3) is 11.3 Å². The number of methoxy groups -OCH3 is 1. The lowest BCUT2D eigenvalue weighted by Crippen LogP contribution is -2.12. The molecule has 0 aliphatic heterocycles. The summed E-state index contributed by atoms with van der Waals surface area (Å²) < 4.78 is 11.8. The van der Waals surface area contributed by atoms with Gasteiger partial charge in [-0.05, 0) is 40.2 Å². The lowest BCUT2D eigenvalue weighted by Gasteiger charge is -2.06. The highest BCUT2D eigenvalue weighted by Crippen LogP contribution is 2.25. The van der Waals surface area contributed by atoms with E-state index in [1.165, 1.54) is 0 Å². The van der Waals surface area contributed by atoms with Gasteiger partial charge in [-0.2, -0.15) is 0 Å². The summed E-state index contributed by atoms with van der Waals surface area (Å²) >= 11 is 3.41. The Bertz CT molecular complexity index is 876. The number of halogens is 1. The van der Waals surface area contributed by atoms with E-state index in [4.69, 9.17) is 9.15 Å². The largest absolute Gasteiger partial charge is 0.497 e. The molecule has 2 aromatic carbocycles. The van der Waals surface area contributed by atoms with E-state index in [0.717, 1.165) is 21.5 Å². The molecule has 1 amide bonds. The van der Waals surface area contributed by atoms with Gasteiger partial charge in [-0.3, -0.25) is 4.79 Å². The van der Waals surface area contributed by atoms with Crippen LogP contribution in [0.5, 0.6) is 5.75 Å². The molecule has 0 fully saturated rings. The number of carbonyl (C=O) groups is 1. The van der Waals surface area contributed by atoms with Crippen molar-refractivity contribution in [2.24, 2.45) is 0 Å². The SMILES string of the molecule is COc1cccc(-c2cnc(CCC(=O)Nc3ccccc3Br)o2)c1. The summed E-state index contributed by atoms with van der Waals surface area (Å²) in [7, 11) is 1.62. The maximum absolute atomic E-state index is 12.1. The highest BCUT2D eigenvalue weighted by Gasteiger charge is 2.10. The maximum atomic E-state index is 12.1. The molecule has 1 N–H and O–H groups in total. The van der Waals surface area contributed by atoms with Gasteiger partial charge in [0.1, 0.15) is 5.75 Å². The molecule has 1 heterocycles. The van der Waals surface area contributed by atoms with Crippen LogP contribution in [-0.4, -0.2) is 18.0 Å². The molecule has 0 atom stereocenters. The molecule has 0 spiro atoms. The third kappa shape index (κ3) is 4.48. The fourth-order valence-electron chi connectivity index (χ4n) is 2.33. The summed E-state index contributed by atoms with van der Waals surface area (Å²) in [5.41, 5.74) is 1.63. The van der Waals surface area contributed by atoms with Gasteiger partial charge in [-0.15, -0.1) is 0 Å². The van der Waals surface area contributed by atoms with E-state index in [2.05, 4.69) is 26.2 Å². The Morgan fingerprint density at radius 3 is 2.88 bits per heavy atom. The fraction of sp³-hybridized carbons (Fsp3) is 0.158. The molecular formula is C19H17BrN2O3. The zero-order chi connectivity index (χ0) is 17.6. The van der Waals surface area contributed by atoms with Crippen LogP contribution >= 0.6 is 15.9 Å². The first-order valence-electron chi connectivity index (χ1n) is 7.79. The monoisotopic (exact) mass is 400 g/mol. The first-order valence-corrected chi connectivity index (χ1v) is 8.58. The van der Waals surface area contributed by atoms with Crippen LogP contribution in [0.4, 0.5) is 5.69 Å². The standard InChI is InChI=1S/C19H17BrN2O3/c1-24-14-6-4-5-13(11-14)17-12-21-19(25-17)10-9-18(23)22-16-8-3-2-7-15(16)20/h2-8,11-12H,9-10H2,1H3,(H,22,23). The van der Waals surface area contributed by atoms with Crippen LogP contribution in [0.2, 0.25) is 0 Å². The number of aromatic nitrogens is 1. The number of carbonyl (C=O) groups excluding carboxylic acids is 1. The van der Waals surface area contributed by atoms with Crippen LogP contribution in [0.1, 0.15) is 12.3 Å². The number of benzene rings is 2. The molecule has 128 valence electrons. The second-order valence-electron chi connectivity index (χ2n) is 5.38. The molecule has 0 aliphatic carbocycles. The molecule has 0 radical (unpaired) electrons. The fourth-order valence-corrected chi connectivity index (χ4v) is 2.72. The molecule has 0 aliphatic rings. The van der Waals surface area contributed by atoms with E-state index in [-0.39, 0.29) is 5.91 Å². The third-order valence-electron chi connectivity index (χ3n) is 3.62. The van der Waals surface area contributed by atoms with Gasteiger partial charge in [0.25, 0.3) is 0 Å². The van der Waals surface area contributed by atoms with Gasteiger partial charge in [-0.25, -0.2) is 4.98 Å². The Morgan fingerprint density at radius 1 is 1.24 bits per heavy atom. The molecule has 6 heteroatoms. The zero-order valence-corrected chi connectivity index (χ0v) is 15.2. The van der Waals surface area contributed by atoms with Crippen molar-refractivity contribution in [2.75, 3.05) is 12.4 Å². The minimum absolute atomic E-state index is 0.0898. The van der Waals surface area contributed by atoms with Crippen molar-refractivity contribution in [2.45, 2.75) is 12.8 Å². The average molecular weight is 401 g/mol. The number of nitrogens with one attached hydrogen (secondary N) is 1. The van der Waals surface area contributed by atoms with Gasteiger partial charge >= 0.3 is 0 Å². The Morgan fingerprint density at radius 2 is 2.08 bits per heavy atom. The van der Waals surface area contributed by atoms with Crippen molar-refractivity contribution >= 4 is 27.5 Å². The molecule has 0 unspecified atom stereocenters. The normalized spacial score (nSPS) is 10.5. The van der Waals surface area contributed by atoms with Crippen molar-refractivity contribution in [1.82, 2.24) is 4.98 Å². The number of amides is 1. The topological polar surface area (TPSA) is 64.4 Å². The predicted molar refractivity (Wildman–Crippen MR) is 99.6 cm³/mol. The number of hydrogen-bond donors (Lipinski definition) is 1. The van der Waals surface area contributed by atoms with E-state index in [9.17, 15) is 4.79 Å². The molecule has 0 bridgehead atoms. The van der Waals surface area contributed by atoms with Crippen LogP contribution in [-0.2, 0) is 11.2 Å². The Labute approximate surface area is 154 Å². The highest BCUT2D eigenvalue weighted by molar-refractivity contribution is 9.10. The van der Waals surface area contributed by atoms with E-state index in [1.807, 2.05) is 48.5 Å². The number of ether oxygens (including phenoxy) is 1. The van der Waals surface area contributed by atoms with Crippen LogP contribution in [0, 0.1) is 0 Å². The van der Waals surface area contributed by atoms with Crippen molar-refractivity contribution in [3.63, 3.8) is 0 Å². The Hall–Kier alpha value is -2.60. The van der Waals surface area contributed by atoms with Crippen molar-refractivity contribution in [3.8, 4) is 17.1 Å². The summed E-state index contributed by atoms with van der Waals surface area (Å²) in [6.45, 7) is 0. The second-order valence-corrected chi connectivity index (χ2v) is 6.23. The third-order valence-corrected chi connectivity index (χ3v) is 4.31. The first-order chi connectivity index (χ1) is 12.2. The van der Waals surface area contributed by atoms with E-state index < -0.39 is 0 Å².